The van der Waals surface area contributed by atoms with Gasteiger partial charge in [0.2, 0.25) is 10.0 Å². The highest BCUT2D eigenvalue weighted by Gasteiger charge is 2.71. The quantitative estimate of drug-likeness (QED) is 0.798. The predicted molar refractivity (Wildman–Crippen MR) is 86.4 cm³/mol. The molecule has 3 atom stereocenters. The zero-order chi connectivity index (χ0) is 16.7. The largest absolute Gasteiger partial charge is 0.372 e. The second-order valence-electron chi connectivity index (χ2n) is 8.40. The number of ether oxygens (including phenoxy) is 1. The number of fused-ring (bicyclic) bond motifs is 2. The molecular formula is C16H24N4O3S. The van der Waals surface area contributed by atoms with Crippen molar-refractivity contribution in [2.45, 2.75) is 58.8 Å². The average molecular weight is 352 g/mol. The minimum absolute atomic E-state index is 0.0790. The van der Waals surface area contributed by atoms with Crippen LogP contribution in [-0.4, -0.2) is 45.9 Å². The summed E-state index contributed by atoms with van der Waals surface area (Å²) in [5.74, 6) is 2.50. The van der Waals surface area contributed by atoms with Crippen molar-refractivity contribution in [3.8, 4) is 0 Å². The molecule has 8 heteroatoms. The van der Waals surface area contributed by atoms with Gasteiger partial charge in [0.25, 0.3) is 0 Å². The first-order chi connectivity index (χ1) is 11.4. The van der Waals surface area contributed by atoms with Crippen molar-refractivity contribution in [2.75, 3.05) is 12.4 Å². The lowest BCUT2D eigenvalue weighted by Gasteiger charge is -2.37. The first-order valence-electron chi connectivity index (χ1n) is 8.83. The molecule has 2 bridgehead atoms. The standard InChI is InChI=1S/C16H24N4O3S/c1-15(2)11-3-4-16(15)10-24(21,22)20(12(16)7-11)8-13-17-18-14-9-23-6-5-19(13)14/h11-12H,3-10H2,1-2H3/t11-,12-,16-/m1/s1. The number of sulfonamides is 1. The molecule has 0 radical (unpaired) electrons. The van der Waals surface area contributed by atoms with Crippen LogP contribution in [0.5, 0.6) is 0 Å². The van der Waals surface area contributed by atoms with Gasteiger partial charge in [-0.2, -0.15) is 4.31 Å². The van der Waals surface area contributed by atoms with Gasteiger partial charge in [-0.05, 0) is 30.6 Å². The Kier molecular flexibility index (Phi) is 2.92. The summed E-state index contributed by atoms with van der Waals surface area (Å²) in [5.41, 5.74) is 0.0297. The Labute approximate surface area is 142 Å². The first kappa shape index (κ1) is 15.3. The maximum atomic E-state index is 13.0. The van der Waals surface area contributed by atoms with Gasteiger partial charge in [-0.3, -0.25) is 0 Å². The molecule has 5 rings (SSSR count). The highest BCUT2D eigenvalue weighted by Crippen LogP contribution is 2.70. The molecule has 1 aromatic rings. The molecule has 7 nitrogen and oxygen atoms in total. The topological polar surface area (TPSA) is 77.3 Å². The van der Waals surface area contributed by atoms with Gasteiger partial charge in [0, 0.05) is 18.0 Å². The summed E-state index contributed by atoms with van der Waals surface area (Å²) in [7, 11) is -3.24. The van der Waals surface area contributed by atoms with E-state index in [-0.39, 0.29) is 16.9 Å². The van der Waals surface area contributed by atoms with Crippen molar-refractivity contribution >= 4 is 10.0 Å². The van der Waals surface area contributed by atoms with Gasteiger partial charge in [0.05, 0.1) is 18.9 Å². The molecule has 0 amide bonds. The monoisotopic (exact) mass is 352 g/mol. The molecule has 0 unspecified atom stereocenters. The maximum Gasteiger partial charge on any atom is 0.215 e. The Morgan fingerprint density at radius 3 is 2.96 bits per heavy atom. The molecule has 4 aliphatic rings. The van der Waals surface area contributed by atoms with Crippen LogP contribution in [0.3, 0.4) is 0 Å². The molecule has 2 aliphatic heterocycles. The smallest absolute Gasteiger partial charge is 0.215 e. The molecule has 3 fully saturated rings. The van der Waals surface area contributed by atoms with Gasteiger partial charge in [-0.15, -0.1) is 10.2 Å². The van der Waals surface area contributed by atoms with Crippen LogP contribution in [0.1, 0.15) is 44.8 Å². The number of hydrogen-bond donors (Lipinski definition) is 0. The van der Waals surface area contributed by atoms with Crippen LogP contribution in [0.4, 0.5) is 0 Å². The van der Waals surface area contributed by atoms with Crippen molar-refractivity contribution in [1.29, 1.82) is 0 Å². The minimum Gasteiger partial charge on any atom is -0.372 e. The van der Waals surface area contributed by atoms with Gasteiger partial charge in [-0.25, -0.2) is 8.42 Å². The van der Waals surface area contributed by atoms with E-state index in [1.807, 2.05) is 4.57 Å². The summed E-state index contributed by atoms with van der Waals surface area (Å²) >= 11 is 0. The van der Waals surface area contributed by atoms with Gasteiger partial charge in [0.15, 0.2) is 5.82 Å². The van der Waals surface area contributed by atoms with Gasteiger partial charge in [-0.1, -0.05) is 13.8 Å². The van der Waals surface area contributed by atoms with E-state index in [1.54, 1.807) is 4.31 Å². The van der Waals surface area contributed by atoms with E-state index < -0.39 is 10.0 Å². The molecule has 24 heavy (non-hydrogen) atoms. The Hall–Kier alpha value is -0.990. The molecule has 0 N–H and O–H groups in total. The fourth-order valence-corrected chi connectivity index (χ4v) is 8.41. The van der Waals surface area contributed by atoms with E-state index >= 15 is 0 Å². The third-order valence-electron chi connectivity index (χ3n) is 7.42. The van der Waals surface area contributed by atoms with Crippen molar-refractivity contribution in [2.24, 2.45) is 16.7 Å². The van der Waals surface area contributed by atoms with Crippen LogP contribution in [0.25, 0.3) is 0 Å². The third kappa shape index (κ3) is 1.72. The zero-order valence-corrected chi connectivity index (χ0v) is 15.0. The van der Waals surface area contributed by atoms with Gasteiger partial charge in [0.1, 0.15) is 12.4 Å². The van der Waals surface area contributed by atoms with Gasteiger partial charge < -0.3 is 9.30 Å². The summed E-state index contributed by atoms with van der Waals surface area (Å²) in [5, 5.41) is 8.44. The van der Waals surface area contributed by atoms with Crippen molar-refractivity contribution in [3.63, 3.8) is 0 Å². The minimum atomic E-state index is -3.24. The fourth-order valence-electron chi connectivity index (χ4n) is 5.90. The number of aromatic nitrogens is 3. The highest BCUT2D eigenvalue weighted by atomic mass is 32.2. The summed E-state index contributed by atoms with van der Waals surface area (Å²) in [6.45, 7) is 6.70. The van der Waals surface area contributed by atoms with Crippen LogP contribution >= 0.6 is 0 Å². The second-order valence-corrected chi connectivity index (χ2v) is 10.3. The summed E-state index contributed by atoms with van der Waals surface area (Å²) in [6.07, 6.45) is 3.21. The van der Waals surface area contributed by atoms with E-state index in [0.717, 1.165) is 24.5 Å². The normalized spacial score (nSPS) is 39.1. The molecule has 1 spiro atoms. The van der Waals surface area contributed by atoms with E-state index in [2.05, 4.69) is 24.0 Å². The van der Waals surface area contributed by atoms with Gasteiger partial charge >= 0.3 is 0 Å². The van der Waals surface area contributed by atoms with Crippen LogP contribution in [0, 0.1) is 16.7 Å². The first-order valence-corrected chi connectivity index (χ1v) is 10.4. The zero-order valence-electron chi connectivity index (χ0n) is 14.2. The Balaban J connectivity index is 1.52. The van der Waals surface area contributed by atoms with Crippen molar-refractivity contribution < 1.29 is 13.2 Å². The molecular weight excluding hydrogens is 328 g/mol. The molecule has 3 heterocycles. The van der Waals surface area contributed by atoms with Crippen LogP contribution in [0.15, 0.2) is 0 Å². The third-order valence-corrected chi connectivity index (χ3v) is 9.40. The summed E-state index contributed by atoms with van der Waals surface area (Å²) < 4.78 is 35.1. The summed E-state index contributed by atoms with van der Waals surface area (Å²) in [6, 6.07) is 0.129. The Morgan fingerprint density at radius 2 is 2.17 bits per heavy atom. The van der Waals surface area contributed by atoms with Crippen molar-refractivity contribution in [1.82, 2.24) is 19.1 Å². The molecule has 1 aromatic heterocycles. The molecule has 1 saturated heterocycles. The molecule has 0 aromatic carbocycles. The lowest BCUT2D eigenvalue weighted by molar-refractivity contribution is 0.0789. The van der Waals surface area contributed by atoms with E-state index in [1.165, 1.54) is 6.42 Å². The average Bonchev–Trinajstić information content (AvgIpc) is 3.17. The lowest BCUT2D eigenvalue weighted by atomic mass is 9.69. The SMILES string of the molecule is CC1(C)[C@@H]2CC[C@]13CS(=O)(=O)N(Cc1nnc4n1CCOC4)[C@@H]3C2. The summed E-state index contributed by atoms with van der Waals surface area (Å²) in [4.78, 5) is 0. The van der Waals surface area contributed by atoms with E-state index in [0.29, 0.717) is 38.0 Å². The number of hydrogen-bond acceptors (Lipinski definition) is 5. The molecule has 132 valence electrons. The van der Waals surface area contributed by atoms with E-state index in [9.17, 15) is 8.42 Å². The molecule has 2 saturated carbocycles. The van der Waals surface area contributed by atoms with E-state index in [4.69, 9.17) is 4.74 Å². The Bertz CT molecular complexity index is 802. The Morgan fingerprint density at radius 1 is 1.33 bits per heavy atom. The predicted octanol–water partition coefficient (Wildman–Crippen LogP) is 1.15. The van der Waals surface area contributed by atoms with Crippen LogP contribution in [-0.2, 0) is 34.5 Å². The highest BCUT2D eigenvalue weighted by molar-refractivity contribution is 7.89. The van der Waals surface area contributed by atoms with Crippen LogP contribution < -0.4 is 0 Å². The second kappa shape index (κ2) is 4.59. The van der Waals surface area contributed by atoms with Crippen LogP contribution in [0.2, 0.25) is 0 Å². The lowest BCUT2D eigenvalue weighted by Crippen LogP contribution is -2.41. The number of nitrogens with zero attached hydrogens (tertiary/aromatic N) is 4. The number of rotatable bonds is 2. The fraction of sp³-hybridized carbons (Fsp3) is 0.875. The van der Waals surface area contributed by atoms with Crippen molar-refractivity contribution in [3.05, 3.63) is 11.6 Å². The molecule has 2 aliphatic carbocycles. The maximum absolute atomic E-state index is 13.0.